The molecule has 0 unspecified atom stereocenters. The first-order valence-electron chi connectivity index (χ1n) is 6.05. The van der Waals surface area contributed by atoms with E-state index in [1.165, 1.54) is 6.26 Å². The van der Waals surface area contributed by atoms with Crippen molar-refractivity contribution in [2.24, 2.45) is 0 Å². The smallest absolute Gasteiger partial charge is 0.260 e. The van der Waals surface area contributed by atoms with Gasteiger partial charge in [-0.25, -0.2) is 0 Å². The van der Waals surface area contributed by atoms with Gasteiger partial charge in [0.25, 0.3) is 5.91 Å². The molecule has 1 heterocycles. The molecule has 0 saturated heterocycles. The third-order valence-corrected chi connectivity index (χ3v) is 2.48. The Balaban J connectivity index is 2.04. The van der Waals surface area contributed by atoms with Gasteiger partial charge in [-0.3, -0.25) is 4.79 Å². The van der Waals surface area contributed by atoms with Crippen LogP contribution in [0.15, 0.2) is 35.1 Å². The van der Waals surface area contributed by atoms with Gasteiger partial charge in [0, 0.05) is 5.69 Å². The van der Waals surface area contributed by atoms with Crippen LogP contribution in [0.25, 0.3) is 0 Å². The summed E-state index contributed by atoms with van der Waals surface area (Å²) in [4.78, 5) is 11.9. The van der Waals surface area contributed by atoms with E-state index in [4.69, 9.17) is 9.26 Å². The van der Waals surface area contributed by atoms with Crippen LogP contribution in [0.2, 0.25) is 0 Å². The van der Waals surface area contributed by atoms with E-state index in [9.17, 15) is 4.79 Å². The summed E-state index contributed by atoms with van der Waals surface area (Å²) in [5.74, 6) is 0.533. The largest absolute Gasteiger partial charge is 0.491 e. The number of aromatic nitrogens is 1. The zero-order valence-corrected chi connectivity index (χ0v) is 11.1. The van der Waals surface area contributed by atoms with Crippen molar-refractivity contribution in [2.75, 3.05) is 5.32 Å². The molecule has 0 aliphatic heterocycles. The Bertz CT molecular complexity index is 558. The van der Waals surface area contributed by atoms with Crippen molar-refractivity contribution in [3.05, 3.63) is 41.8 Å². The minimum absolute atomic E-state index is 0.125. The number of rotatable bonds is 4. The quantitative estimate of drug-likeness (QED) is 0.917. The fourth-order valence-electron chi connectivity index (χ4n) is 1.60. The van der Waals surface area contributed by atoms with Crippen LogP contribution in [0, 0.1) is 6.92 Å². The maximum atomic E-state index is 11.9. The molecule has 0 bridgehead atoms. The maximum absolute atomic E-state index is 11.9. The fourth-order valence-corrected chi connectivity index (χ4v) is 1.60. The number of amides is 1. The van der Waals surface area contributed by atoms with Crippen molar-refractivity contribution in [1.29, 1.82) is 0 Å². The SMILES string of the molecule is Cc1nocc1C(=O)Nc1ccc(OC(C)C)cc1. The molecule has 0 radical (unpaired) electrons. The molecule has 1 amide bonds. The van der Waals surface area contributed by atoms with Gasteiger partial charge in [0.1, 0.15) is 17.6 Å². The third kappa shape index (κ3) is 3.34. The fraction of sp³-hybridized carbons (Fsp3) is 0.286. The average Bonchev–Trinajstić information content (AvgIpc) is 2.77. The van der Waals surface area contributed by atoms with Crippen molar-refractivity contribution < 1.29 is 14.1 Å². The number of carbonyl (C=O) groups excluding carboxylic acids is 1. The summed E-state index contributed by atoms with van der Waals surface area (Å²) < 4.78 is 10.3. The highest BCUT2D eigenvalue weighted by molar-refractivity contribution is 6.04. The summed E-state index contributed by atoms with van der Waals surface area (Å²) in [7, 11) is 0. The first kappa shape index (κ1) is 13.1. The van der Waals surface area contributed by atoms with Crippen LogP contribution in [0.1, 0.15) is 29.9 Å². The van der Waals surface area contributed by atoms with Gasteiger partial charge in [0.05, 0.1) is 11.8 Å². The topological polar surface area (TPSA) is 64.4 Å². The van der Waals surface area contributed by atoms with Crippen molar-refractivity contribution in [2.45, 2.75) is 26.9 Å². The molecule has 2 aromatic rings. The minimum Gasteiger partial charge on any atom is -0.491 e. The van der Waals surface area contributed by atoms with Gasteiger partial charge in [-0.1, -0.05) is 5.16 Å². The number of hydrogen-bond donors (Lipinski definition) is 1. The molecule has 0 atom stereocenters. The van der Waals surface area contributed by atoms with E-state index in [2.05, 4.69) is 10.5 Å². The van der Waals surface area contributed by atoms with E-state index in [-0.39, 0.29) is 12.0 Å². The van der Waals surface area contributed by atoms with Crippen LogP contribution in [-0.4, -0.2) is 17.2 Å². The summed E-state index contributed by atoms with van der Waals surface area (Å²) in [6.07, 6.45) is 1.46. The van der Waals surface area contributed by atoms with Crippen LogP contribution in [0.4, 0.5) is 5.69 Å². The first-order chi connectivity index (χ1) is 9.06. The number of anilines is 1. The molecule has 2 rings (SSSR count). The van der Waals surface area contributed by atoms with Crippen LogP contribution in [-0.2, 0) is 0 Å². The summed E-state index contributed by atoms with van der Waals surface area (Å²) in [6, 6.07) is 7.21. The molecule has 0 saturated carbocycles. The van der Waals surface area contributed by atoms with Crippen molar-refractivity contribution in [3.63, 3.8) is 0 Å². The highest BCUT2D eigenvalue weighted by atomic mass is 16.5. The Labute approximate surface area is 111 Å². The van der Waals surface area contributed by atoms with Crippen LogP contribution in [0.5, 0.6) is 5.75 Å². The number of nitrogens with one attached hydrogen (secondary N) is 1. The Hall–Kier alpha value is -2.30. The molecule has 1 aromatic heterocycles. The van der Waals surface area contributed by atoms with Crippen molar-refractivity contribution >= 4 is 11.6 Å². The molecule has 0 aliphatic carbocycles. The van der Waals surface area contributed by atoms with Crippen molar-refractivity contribution in [3.8, 4) is 5.75 Å². The molecule has 5 nitrogen and oxygen atoms in total. The van der Waals surface area contributed by atoms with E-state index in [1.807, 2.05) is 26.0 Å². The summed E-state index contributed by atoms with van der Waals surface area (Å²) in [5, 5.41) is 6.44. The van der Waals surface area contributed by atoms with E-state index < -0.39 is 0 Å². The molecule has 5 heteroatoms. The molecule has 0 spiro atoms. The zero-order chi connectivity index (χ0) is 13.8. The monoisotopic (exact) mass is 260 g/mol. The lowest BCUT2D eigenvalue weighted by Crippen LogP contribution is -2.12. The standard InChI is InChI=1S/C14H16N2O3/c1-9(2)19-12-6-4-11(5-7-12)15-14(17)13-8-18-16-10(13)3/h4-9H,1-3H3,(H,15,17). The number of carbonyl (C=O) groups is 1. The Kier molecular flexibility index (Phi) is 3.85. The third-order valence-electron chi connectivity index (χ3n) is 2.48. The average molecular weight is 260 g/mol. The zero-order valence-electron chi connectivity index (χ0n) is 11.1. The van der Waals surface area contributed by atoms with Gasteiger partial charge < -0.3 is 14.6 Å². The lowest BCUT2D eigenvalue weighted by atomic mass is 10.2. The number of aryl methyl sites for hydroxylation is 1. The van der Waals surface area contributed by atoms with Crippen LogP contribution >= 0.6 is 0 Å². The van der Waals surface area contributed by atoms with E-state index in [1.54, 1.807) is 19.1 Å². The van der Waals surface area contributed by atoms with E-state index >= 15 is 0 Å². The van der Waals surface area contributed by atoms with E-state index in [0.717, 1.165) is 5.75 Å². The lowest BCUT2D eigenvalue weighted by molar-refractivity contribution is 0.102. The van der Waals surface area contributed by atoms with Gasteiger partial charge >= 0.3 is 0 Å². The predicted molar refractivity (Wildman–Crippen MR) is 71.4 cm³/mol. The van der Waals surface area contributed by atoms with Gasteiger partial charge in [-0.15, -0.1) is 0 Å². The molecule has 100 valence electrons. The summed E-state index contributed by atoms with van der Waals surface area (Å²) in [6.45, 7) is 5.65. The molecular formula is C14H16N2O3. The highest BCUT2D eigenvalue weighted by Crippen LogP contribution is 2.18. The molecule has 1 aromatic carbocycles. The highest BCUT2D eigenvalue weighted by Gasteiger charge is 2.12. The van der Waals surface area contributed by atoms with Crippen molar-refractivity contribution in [1.82, 2.24) is 5.16 Å². The van der Waals surface area contributed by atoms with Gasteiger partial charge in [-0.05, 0) is 45.0 Å². The molecular weight excluding hydrogens is 244 g/mol. The Morgan fingerprint density at radius 1 is 1.32 bits per heavy atom. The second-order valence-electron chi connectivity index (χ2n) is 4.46. The maximum Gasteiger partial charge on any atom is 0.260 e. The normalized spacial score (nSPS) is 10.5. The number of hydrogen-bond acceptors (Lipinski definition) is 4. The molecule has 1 N–H and O–H groups in total. The second kappa shape index (κ2) is 5.56. The molecule has 0 aliphatic rings. The van der Waals surface area contributed by atoms with Gasteiger partial charge in [-0.2, -0.15) is 0 Å². The summed E-state index contributed by atoms with van der Waals surface area (Å²) >= 11 is 0. The first-order valence-corrected chi connectivity index (χ1v) is 6.05. The number of nitrogens with zero attached hydrogens (tertiary/aromatic N) is 1. The minimum atomic E-state index is -0.240. The second-order valence-corrected chi connectivity index (χ2v) is 4.46. The molecule has 19 heavy (non-hydrogen) atoms. The van der Waals surface area contributed by atoms with Gasteiger partial charge in [0.2, 0.25) is 0 Å². The number of ether oxygens (including phenoxy) is 1. The molecule has 0 fully saturated rings. The van der Waals surface area contributed by atoms with Crippen LogP contribution < -0.4 is 10.1 Å². The lowest BCUT2D eigenvalue weighted by Gasteiger charge is -2.10. The predicted octanol–water partition coefficient (Wildman–Crippen LogP) is 3.02. The summed E-state index contributed by atoms with van der Waals surface area (Å²) in [5.41, 5.74) is 1.70. The number of benzene rings is 1. The Morgan fingerprint density at radius 2 is 2.00 bits per heavy atom. The Morgan fingerprint density at radius 3 is 2.53 bits per heavy atom. The van der Waals surface area contributed by atoms with Crippen LogP contribution in [0.3, 0.4) is 0 Å². The van der Waals surface area contributed by atoms with Gasteiger partial charge in [0.15, 0.2) is 0 Å². The van der Waals surface area contributed by atoms with E-state index in [0.29, 0.717) is 16.9 Å².